The van der Waals surface area contributed by atoms with Crippen molar-refractivity contribution in [2.24, 2.45) is 0 Å². The first kappa shape index (κ1) is 9.39. The van der Waals surface area contributed by atoms with E-state index in [1.54, 1.807) is 6.20 Å². The highest BCUT2D eigenvalue weighted by Crippen LogP contribution is 2.12. The van der Waals surface area contributed by atoms with Gasteiger partial charge >= 0.3 is 0 Å². The van der Waals surface area contributed by atoms with E-state index in [0.717, 1.165) is 16.6 Å². The molecule has 2 aromatic heterocycles. The molecule has 0 saturated heterocycles. The average Bonchev–Trinajstić information content (AvgIpc) is 2.45. The predicted octanol–water partition coefficient (Wildman–Crippen LogP) is 2.08. The van der Waals surface area contributed by atoms with Crippen molar-refractivity contribution in [2.75, 3.05) is 0 Å². The predicted molar refractivity (Wildman–Crippen MR) is 59.5 cm³/mol. The Labute approximate surface area is 84.2 Å². The highest BCUT2D eigenvalue weighted by Gasteiger charge is 2.22. The lowest BCUT2D eigenvalue weighted by Crippen LogP contribution is -2.36. The summed E-state index contributed by atoms with van der Waals surface area (Å²) in [5.74, 6) is 0. The molecule has 2 heterocycles. The normalized spacial score (nSPS) is 12.3. The summed E-state index contributed by atoms with van der Waals surface area (Å²) in [5.41, 5.74) is 2.47. The van der Waals surface area contributed by atoms with Crippen molar-refractivity contribution in [3.8, 4) is 0 Å². The highest BCUT2D eigenvalue weighted by molar-refractivity contribution is 6.87. The van der Waals surface area contributed by atoms with Crippen LogP contribution in [0.2, 0.25) is 19.6 Å². The van der Waals surface area contributed by atoms with Gasteiger partial charge in [-0.05, 0) is 6.92 Å². The van der Waals surface area contributed by atoms with Crippen LogP contribution in [-0.4, -0.2) is 18.0 Å². The molecule has 0 N–H and O–H groups in total. The molecule has 4 heteroatoms. The van der Waals surface area contributed by atoms with Crippen molar-refractivity contribution in [3.63, 3.8) is 0 Å². The maximum absolute atomic E-state index is 5.68. The molecule has 0 atom stereocenters. The number of hydrogen-bond donors (Lipinski definition) is 0. The first-order valence-electron chi connectivity index (χ1n) is 4.70. The van der Waals surface area contributed by atoms with Gasteiger partial charge in [-0.3, -0.25) is 0 Å². The quantitative estimate of drug-likeness (QED) is 0.671. The zero-order valence-corrected chi connectivity index (χ0v) is 9.96. The van der Waals surface area contributed by atoms with Crippen LogP contribution in [0.3, 0.4) is 0 Å². The summed E-state index contributed by atoms with van der Waals surface area (Å²) in [5, 5.41) is 1.07. The summed E-state index contributed by atoms with van der Waals surface area (Å²) in [6, 6.07) is 2.03. The zero-order valence-electron chi connectivity index (χ0n) is 8.96. The Hall–Kier alpha value is -1.16. The van der Waals surface area contributed by atoms with Gasteiger partial charge in [0.2, 0.25) is 5.71 Å². The molecule has 2 aromatic rings. The molecule has 0 spiro atoms. The maximum Gasteiger partial charge on any atom is 0.244 e. The van der Waals surface area contributed by atoms with Gasteiger partial charge < -0.3 is 4.42 Å². The molecule has 3 nitrogen and oxygen atoms in total. The van der Waals surface area contributed by atoms with Crippen LogP contribution in [-0.2, 0) is 0 Å². The molecule has 0 unspecified atom stereocenters. The van der Waals surface area contributed by atoms with Crippen molar-refractivity contribution >= 4 is 24.7 Å². The molecule has 0 aliphatic carbocycles. The minimum Gasteiger partial charge on any atom is -0.447 e. The van der Waals surface area contributed by atoms with Gasteiger partial charge in [-0.15, -0.1) is 0 Å². The first-order valence-corrected chi connectivity index (χ1v) is 8.20. The third kappa shape index (κ3) is 1.57. The Balaban J connectivity index is 2.63. The van der Waals surface area contributed by atoms with Crippen molar-refractivity contribution in [3.05, 3.63) is 18.0 Å². The van der Waals surface area contributed by atoms with Crippen LogP contribution in [0.1, 0.15) is 5.69 Å². The molecule has 0 amide bonds. The van der Waals surface area contributed by atoms with Crippen molar-refractivity contribution < 1.29 is 4.42 Å². The van der Waals surface area contributed by atoms with E-state index in [4.69, 9.17) is 4.42 Å². The number of aryl methyl sites for hydroxylation is 1. The van der Waals surface area contributed by atoms with E-state index >= 15 is 0 Å². The van der Waals surface area contributed by atoms with Crippen LogP contribution >= 0.6 is 0 Å². The molecule has 0 fully saturated rings. The summed E-state index contributed by atoms with van der Waals surface area (Å²) >= 11 is 0. The molecule has 0 aliphatic rings. The molecule has 0 aromatic carbocycles. The van der Waals surface area contributed by atoms with E-state index in [1.165, 1.54) is 0 Å². The van der Waals surface area contributed by atoms with Gasteiger partial charge in [-0.2, -0.15) is 0 Å². The van der Waals surface area contributed by atoms with Crippen LogP contribution < -0.4 is 5.38 Å². The van der Waals surface area contributed by atoms with Gasteiger partial charge in [0.25, 0.3) is 0 Å². The third-order valence-electron chi connectivity index (χ3n) is 2.10. The van der Waals surface area contributed by atoms with Crippen molar-refractivity contribution in [1.82, 2.24) is 9.97 Å². The summed E-state index contributed by atoms with van der Waals surface area (Å²) in [6.45, 7) is 8.68. The van der Waals surface area contributed by atoms with E-state index in [0.29, 0.717) is 5.71 Å². The zero-order chi connectivity index (χ0) is 10.3. The SMILES string of the molecule is Cc1cnc2oc([Si](C)(C)C)cc2n1. The van der Waals surface area contributed by atoms with E-state index in [-0.39, 0.29) is 0 Å². The summed E-state index contributed by atoms with van der Waals surface area (Å²) < 4.78 is 5.68. The van der Waals surface area contributed by atoms with Crippen LogP contribution in [0.4, 0.5) is 0 Å². The fourth-order valence-electron chi connectivity index (χ4n) is 1.28. The fourth-order valence-corrected chi connectivity index (χ4v) is 2.26. The molecule has 14 heavy (non-hydrogen) atoms. The standard InChI is InChI=1S/C10H14N2OSi/c1-7-6-11-10-8(12-7)5-9(13-10)14(2,3)4/h5-6H,1-4H3. The number of furan rings is 1. The lowest BCUT2D eigenvalue weighted by Gasteiger charge is -2.09. The Morgan fingerprint density at radius 2 is 2.00 bits per heavy atom. The molecular weight excluding hydrogens is 192 g/mol. The van der Waals surface area contributed by atoms with E-state index < -0.39 is 8.07 Å². The van der Waals surface area contributed by atoms with Crippen LogP contribution in [0.25, 0.3) is 11.2 Å². The number of aromatic nitrogens is 2. The summed E-state index contributed by atoms with van der Waals surface area (Å²) in [7, 11) is -1.38. The van der Waals surface area contributed by atoms with Gasteiger partial charge in [0, 0.05) is 6.07 Å². The monoisotopic (exact) mass is 206 g/mol. The van der Waals surface area contributed by atoms with Gasteiger partial charge in [0.05, 0.1) is 17.3 Å². The fraction of sp³-hybridized carbons (Fsp3) is 0.400. The van der Waals surface area contributed by atoms with Crippen LogP contribution in [0, 0.1) is 6.92 Å². The Kier molecular flexibility index (Phi) is 1.96. The Morgan fingerprint density at radius 1 is 1.29 bits per heavy atom. The van der Waals surface area contributed by atoms with E-state index in [2.05, 4.69) is 29.6 Å². The maximum atomic E-state index is 5.68. The number of hydrogen-bond acceptors (Lipinski definition) is 3. The van der Waals surface area contributed by atoms with Gasteiger partial charge in [0.15, 0.2) is 0 Å². The topological polar surface area (TPSA) is 38.9 Å². The number of rotatable bonds is 1. The first-order chi connectivity index (χ1) is 6.47. The van der Waals surface area contributed by atoms with Gasteiger partial charge in [0.1, 0.15) is 13.6 Å². The van der Waals surface area contributed by atoms with Crippen molar-refractivity contribution in [1.29, 1.82) is 0 Å². The summed E-state index contributed by atoms with van der Waals surface area (Å²) in [6.07, 6.45) is 1.74. The molecular formula is C10H14N2OSi. The third-order valence-corrected chi connectivity index (χ3v) is 3.82. The molecule has 74 valence electrons. The van der Waals surface area contributed by atoms with Crippen LogP contribution in [0.5, 0.6) is 0 Å². The Bertz CT molecular complexity index is 470. The molecule has 0 saturated carbocycles. The van der Waals surface area contributed by atoms with Crippen molar-refractivity contribution in [2.45, 2.75) is 26.6 Å². The molecule has 0 radical (unpaired) electrons. The number of nitrogens with zero attached hydrogens (tertiary/aromatic N) is 2. The minimum atomic E-state index is -1.38. The van der Waals surface area contributed by atoms with E-state index in [1.807, 2.05) is 13.0 Å². The highest BCUT2D eigenvalue weighted by atomic mass is 28.3. The van der Waals surface area contributed by atoms with Gasteiger partial charge in [-0.1, -0.05) is 19.6 Å². The summed E-state index contributed by atoms with van der Waals surface area (Å²) in [4.78, 5) is 8.58. The molecule has 0 bridgehead atoms. The molecule has 0 aliphatic heterocycles. The average molecular weight is 206 g/mol. The van der Waals surface area contributed by atoms with E-state index in [9.17, 15) is 0 Å². The smallest absolute Gasteiger partial charge is 0.244 e. The minimum absolute atomic E-state index is 0.660. The lowest BCUT2D eigenvalue weighted by molar-refractivity contribution is 0.633. The Morgan fingerprint density at radius 3 is 2.64 bits per heavy atom. The van der Waals surface area contributed by atoms with Crippen LogP contribution in [0.15, 0.2) is 16.7 Å². The molecule has 2 rings (SSSR count). The largest absolute Gasteiger partial charge is 0.447 e. The second kappa shape index (κ2) is 2.92. The second-order valence-electron chi connectivity index (χ2n) is 4.56. The number of fused-ring (bicyclic) bond motifs is 1. The van der Waals surface area contributed by atoms with Gasteiger partial charge in [-0.25, -0.2) is 9.97 Å². The lowest BCUT2D eigenvalue weighted by atomic mass is 10.5. The second-order valence-corrected chi connectivity index (χ2v) is 9.56.